The topological polar surface area (TPSA) is 140 Å². The summed E-state index contributed by atoms with van der Waals surface area (Å²) in [4.78, 5) is 21.9. The Labute approximate surface area is 203 Å². The monoisotopic (exact) mass is 504 g/mol. The van der Waals surface area contributed by atoms with Gasteiger partial charge in [0.2, 0.25) is 16.0 Å². The number of likely N-dealkylation sites (N-methyl/N-ethyl adjacent to an activating group) is 1. The highest BCUT2D eigenvalue weighted by Gasteiger charge is 2.14. The zero-order chi connectivity index (χ0) is 25.0. The number of ether oxygens (including phenoxy) is 1. The van der Waals surface area contributed by atoms with Gasteiger partial charge >= 0.3 is 0 Å². The Morgan fingerprint density at radius 1 is 1.09 bits per heavy atom. The molecule has 3 aromatic rings. The number of nitrogens with zero attached hydrogens (tertiary/aromatic N) is 3. The van der Waals surface area contributed by atoms with Crippen LogP contribution in [-0.4, -0.2) is 49.9 Å². The highest BCUT2D eigenvalue weighted by Crippen LogP contribution is 2.30. The zero-order valence-corrected chi connectivity index (χ0v) is 20.7. The highest BCUT2D eigenvalue weighted by atomic mass is 35.5. The minimum Gasteiger partial charge on any atom is -0.482 e. The first-order valence-electron chi connectivity index (χ1n) is 10.1. The zero-order valence-electron chi connectivity index (χ0n) is 19.1. The summed E-state index contributed by atoms with van der Waals surface area (Å²) >= 11 is 6.31. The molecule has 12 heteroatoms. The van der Waals surface area contributed by atoms with E-state index in [-0.39, 0.29) is 23.4 Å². The summed E-state index contributed by atoms with van der Waals surface area (Å²) in [5.74, 6) is 0.975. The molecule has 10 nitrogen and oxygen atoms in total. The number of anilines is 4. The molecule has 0 aliphatic heterocycles. The van der Waals surface area contributed by atoms with Gasteiger partial charge in [0.1, 0.15) is 11.6 Å². The fraction of sp³-hybridized carbons (Fsp3) is 0.227. The molecule has 0 bridgehead atoms. The summed E-state index contributed by atoms with van der Waals surface area (Å²) in [6.07, 6.45) is 1.62. The lowest BCUT2D eigenvalue weighted by molar-refractivity contribution is -0.130. The smallest absolute Gasteiger partial charge is 0.259 e. The number of carbonyl (C=O) groups excluding carboxylic acids is 1. The second-order valence-electron chi connectivity index (χ2n) is 7.72. The fourth-order valence-corrected chi connectivity index (χ4v) is 3.89. The lowest BCUT2D eigenvalue weighted by atomic mass is 10.2. The van der Waals surface area contributed by atoms with Crippen LogP contribution in [0, 0.1) is 13.8 Å². The molecule has 4 N–H and O–H groups in total. The van der Waals surface area contributed by atoms with Crippen LogP contribution in [0.4, 0.5) is 23.1 Å². The quantitative estimate of drug-likeness (QED) is 0.424. The summed E-state index contributed by atoms with van der Waals surface area (Å²) in [6, 6.07) is 9.84. The lowest BCUT2D eigenvalue weighted by Crippen LogP contribution is -2.27. The standard InChI is InChI=1S/C22H25ClN6O4S/c1-13-5-6-16(10-19(13)34(24,31)32)27-22-25-11-14(2)21(28-22)26-15-7-8-18(17(23)9-15)33-12-20(30)29(3)4/h5-11H,12H2,1-4H3,(H2,24,31,32)(H2,25,26,27,28). The van der Waals surface area contributed by atoms with Crippen molar-refractivity contribution >= 4 is 50.7 Å². The number of benzene rings is 2. The number of primary sulfonamides is 1. The Hall–Kier alpha value is -3.41. The third kappa shape index (κ3) is 6.34. The molecule has 0 radical (unpaired) electrons. The number of aromatic nitrogens is 2. The molecule has 1 aromatic heterocycles. The summed E-state index contributed by atoms with van der Waals surface area (Å²) in [7, 11) is -0.573. The van der Waals surface area contributed by atoms with E-state index < -0.39 is 10.0 Å². The van der Waals surface area contributed by atoms with Crippen molar-refractivity contribution in [1.29, 1.82) is 0 Å². The van der Waals surface area contributed by atoms with Crippen LogP contribution in [-0.2, 0) is 14.8 Å². The van der Waals surface area contributed by atoms with Crippen molar-refractivity contribution in [3.8, 4) is 5.75 Å². The first kappa shape index (κ1) is 25.2. The number of nitrogens with one attached hydrogen (secondary N) is 2. The molecule has 0 aliphatic carbocycles. The lowest BCUT2D eigenvalue weighted by Gasteiger charge is -2.14. The van der Waals surface area contributed by atoms with Crippen LogP contribution in [0.15, 0.2) is 47.5 Å². The molecule has 180 valence electrons. The molecule has 1 amide bonds. The van der Waals surface area contributed by atoms with E-state index in [4.69, 9.17) is 21.5 Å². The molecule has 0 saturated carbocycles. The van der Waals surface area contributed by atoms with E-state index in [9.17, 15) is 13.2 Å². The van der Waals surface area contributed by atoms with Crippen LogP contribution in [0.5, 0.6) is 5.75 Å². The van der Waals surface area contributed by atoms with Crippen LogP contribution in [0.1, 0.15) is 11.1 Å². The van der Waals surface area contributed by atoms with Gasteiger partial charge in [0.05, 0.1) is 9.92 Å². The Balaban J connectivity index is 1.77. The second kappa shape index (κ2) is 10.2. The average Bonchev–Trinajstić information content (AvgIpc) is 2.75. The van der Waals surface area contributed by atoms with E-state index in [1.165, 1.54) is 11.0 Å². The van der Waals surface area contributed by atoms with Crippen LogP contribution in [0.25, 0.3) is 0 Å². The Morgan fingerprint density at radius 2 is 1.76 bits per heavy atom. The van der Waals surface area contributed by atoms with Crippen molar-refractivity contribution in [2.45, 2.75) is 18.7 Å². The number of nitrogens with two attached hydrogens (primary N) is 1. The van der Waals surface area contributed by atoms with Gasteiger partial charge < -0.3 is 20.3 Å². The Bertz CT molecular complexity index is 1330. The van der Waals surface area contributed by atoms with Crippen molar-refractivity contribution in [2.75, 3.05) is 31.3 Å². The molecule has 0 spiro atoms. The third-order valence-electron chi connectivity index (χ3n) is 4.77. The molecule has 0 aliphatic rings. The molecule has 34 heavy (non-hydrogen) atoms. The first-order chi connectivity index (χ1) is 15.9. The summed E-state index contributed by atoms with van der Waals surface area (Å²) < 4.78 is 29.1. The van der Waals surface area contributed by atoms with Gasteiger partial charge in [-0.15, -0.1) is 0 Å². The number of aryl methyl sites for hydroxylation is 2. The number of carbonyl (C=O) groups is 1. The van der Waals surface area contributed by atoms with Gasteiger partial charge in [0.25, 0.3) is 5.91 Å². The van der Waals surface area contributed by atoms with Crippen LogP contribution < -0.4 is 20.5 Å². The van der Waals surface area contributed by atoms with Gasteiger partial charge in [0.15, 0.2) is 6.61 Å². The summed E-state index contributed by atoms with van der Waals surface area (Å²) in [6.45, 7) is 3.38. The van der Waals surface area contributed by atoms with Crippen molar-refractivity contribution in [3.63, 3.8) is 0 Å². The van der Waals surface area contributed by atoms with Crippen LogP contribution in [0.3, 0.4) is 0 Å². The van der Waals surface area contributed by atoms with Crippen LogP contribution in [0.2, 0.25) is 5.02 Å². The predicted octanol–water partition coefficient (Wildman–Crippen LogP) is 3.35. The first-order valence-corrected chi connectivity index (χ1v) is 12.0. The van der Waals surface area contributed by atoms with Gasteiger partial charge in [-0.25, -0.2) is 18.5 Å². The van der Waals surface area contributed by atoms with Gasteiger partial charge in [-0.3, -0.25) is 4.79 Å². The number of hydrogen-bond donors (Lipinski definition) is 3. The Kier molecular flexibility index (Phi) is 7.60. The highest BCUT2D eigenvalue weighted by molar-refractivity contribution is 7.89. The second-order valence-corrected chi connectivity index (χ2v) is 9.66. The van der Waals surface area contributed by atoms with Crippen molar-refractivity contribution < 1.29 is 17.9 Å². The molecule has 2 aromatic carbocycles. The number of amides is 1. The molecular formula is C22H25ClN6O4S. The van der Waals surface area contributed by atoms with E-state index in [0.29, 0.717) is 33.5 Å². The molecule has 0 saturated heterocycles. The maximum absolute atomic E-state index is 11.8. The van der Waals surface area contributed by atoms with E-state index in [1.54, 1.807) is 57.5 Å². The molecule has 1 heterocycles. The minimum atomic E-state index is -3.86. The Morgan fingerprint density at radius 3 is 2.41 bits per heavy atom. The maximum Gasteiger partial charge on any atom is 0.259 e. The van der Waals surface area contributed by atoms with E-state index in [0.717, 1.165) is 5.56 Å². The van der Waals surface area contributed by atoms with Gasteiger partial charge in [-0.2, -0.15) is 4.98 Å². The molecule has 0 unspecified atom stereocenters. The summed E-state index contributed by atoms with van der Waals surface area (Å²) in [5, 5.41) is 11.8. The summed E-state index contributed by atoms with van der Waals surface area (Å²) in [5.41, 5.74) is 2.43. The van der Waals surface area contributed by atoms with Crippen molar-refractivity contribution in [1.82, 2.24) is 14.9 Å². The molecular weight excluding hydrogens is 480 g/mol. The molecule has 0 atom stereocenters. The number of halogens is 1. The predicted molar refractivity (Wildman–Crippen MR) is 132 cm³/mol. The number of rotatable bonds is 8. The number of hydrogen-bond acceptors (Lipinski definition) is 8. The van der Waals surface area contributed by atoms with Crippen LogP contribution >= 0.6 is 11.6 Å². The van der Waals surface area contributed by atoms with E-state index in [2.05, 4.69) is 20.6 Å². The molecule has 3 rings (SSSR count). The largest absolute Gasteiger partial charge is 0.482 e. The molecule has 0 fully saturated rings. The van der Waals surface area contributed by atoms with Gasteiger partial charge in [-0.05, 0) is 49.7 Å². The van der Waals surface area contributed by atoms with E-state index >= 15 is 0 Å². The minimum absolute atomic E-state index is 0.0205. The van der Waals surface area contributed by atoms with Crippen molar-refractivity contribution in [3.05, 3.63) is 58.7 Å². The van der Waals surface area contributed by atoms with Gasteiger partial charge in [-0.1, -0.05) is 17.7 Å². The van der Waals surface area contributed by atoms with E-state index in [1.807, 2.05) is 6.92 Å². The normalized spacial score (nSPS) is 11.1. The van der Waals surface area contributed by atoms with Crippen molar-refractivity contribution in [2.24, 2.45) is 5.14 Å². The van der Waals surface area contributed by atoms with Gasteiger partial charge in [0, 0.05) is 37.2 Å². The SMILES string of the molecule is Cc1ccc(Nc2ncc(C)c(Nc3ccc(OCC(=O)N(C)C)c(Cl)c3)n2)cc1S(N)(=O)=O. The maximum atomic E-state index is 11.8. The fourth-order valence-electron chi connectivity index (χ4n) is 2.84. The average molecular weight is 505 g/mol. The number of sulfonamides is 1. The third-order valence-corrected chi connectivity index (χ3v) is 6.12.